The van der Waals surface area contributed by atoms with E-state index in [0.717, 1.165) is 0 Å². The molecule has 1 heterocycles. The van der Waals surface area contributed by atoms with Crippen molar-refractivity contribution in [3.05, 3.63) is 52.5 Å². The van der Waals surface area contributed by atoms with Crippen LogP contribution in [0.15, 0.2) is 41.4 Å². The topological polar surface area (TPSA) is 73.9 Å². The van der Waals surface area contributed by atoms with Gasteiger partial charge in [0.2, 0.25) is 0 Å². The second kappa shape index (κ2) is 7.11. The molecule has 2 N–H and O–H groups in total. The summed E-state index contributed by atoms with van der Waals surface area (Å²) < 4.78 is 11.1. The fraction of sp³-hybridized carbons (Fsp3) is 0.176. The van der Waals surface area contributed by atoms with E-state index >= 15 is 0 Å². The molecule has 2 aromatic rings. The third-order valence-corrected chi connectivity index (χ3v) is 4.03. The molecule has 0 radical (unpaired) electrons. The fourth-order valence-corrected chi connectivity index (χ4v) is 2.61. The van der Waals surface area contributed by atoms with Crippen LogP contribution in [0.5, 0.6) is 11.5 Å². The normalized spacial score (nSPS) is 13.7. The van der Waals surface area contributed by atoms with Crippen molar-refractivity contribution in [2.75, 3.05) is 19.1 Å². The highest BCUT2D eigenvalue weighted by atomic mass is 35.5. The monoisotopic (exact) mass is 364 g/mol. The third-order valence-electron chi connectivity index (χ3n) is 3.42. The van der Waals surface area contributed by atoms with E-state index in [4.69, 9.17) is 38.4 Å². The van der Waals surface area contributed by atoms with Gasteiger partial charge in [0, 0.05) is 11.6 Å². The van der Waals surface area contributed by atoms with E-state index in [2.05, 4.69) is 4.99 Å². The van der Waals surface area contributed by atoms with E-state index in [9.17, 15) is 4.79 Å². The summed E-state index contributed by atoms with van der Waals surface area (Å²) in [6.45, 7) is 0.845. The first-order chi connectivity index (χ1) is 11.6. The highest BCUT2D eigenvalue weighted by Gasteiger charge is 2.22. The van der Waals surface area contributed by atoms with Gasteiger partial charge in [-0.2, -0.15) is 0 Å². The van der Waals surface area contributed by atoms with Gasteiger partial charge in [-0.1, -0.05) is 23.7 Å². The van der Waals surface area contributed by atoms with E-state index in [1.165, 1.54) is 0 Å². The van der Waals surface area contributed by atoms with Crippen molar-refractivity contribution in [1.82, 2.24) is 0 Å². The Bertz CT molecular complexity index is 821. The number of nitrogens with zero attached hydrogens (tertiary/aromatic N) is 1. The Morgan fingerprint density at radius 2 is 1.79 bits per heavy atom. The molecule has 1 aliphatic rings. The van der Waals surface area contributed by atoms with Crippen LogP contribution in [0, 0.1) is 0 Å². The minimum atomic E-state index is -0.279. The number of carbonyl (C=O) groups excluding carboxylic acids is 1. The lowest BCUT2D eigenvalue weighted by Crippen LogP contribution is -2.17. The summed E-state index contributed by atoms with van der Waals surface area (Å²) in [4.78, 5) is 17.1. The maximum absolute atomic E-state index is 12.9. The Kier molecular flexibility index (Phi) is 4.92. The summed E-state index contributed by atoms with van der Waals surface area (Å²) in [5.74, 6) is 0.965. The minimum Gasteiger partial charge on any atom is -0.486 e. The molecular formula is C17H14Cl2N2O3. The molecule has 24 heavy (non-hydrogen) atoms. The van der Waals surface area contributed by atoms with E-state index in [-0.39, 0.29) is 17.5 Å². The SMILES string of the molecule is NC(CCl)=Nc1cc2c(cc1C(=O)c1ccccc1Cl)OCCO2. The molecule has 7 heteroatoms. The van der Waals surface area contributed by atoms with Gasteiger partial charge in [-0.25, -0.2) is 4.99 Å². The Balaban J connectivity index is 2.14. The minimum absolute atomic E-state index is 0.0498. The van der Waals surface area contributed by atoms with Crippen LogP contribution in [0.2, 0.25) is 5.02 Å². The van der Waals surface area contributed by atoms with Gasteiger partial charge in [0.1, 0.15) is 19.0 Å². The van der Waals surface area contributed by atoms with E-state index in [0.29, 0.717) is 46.5 Å². The number of ketones is 1. The predicted octanol–water partition coefficient (Wildman–Crippen LogP) is 3.57. The summed E-state index contributed by atoms with van der Waals surface area (Å²) >= 11 is 11.8. The van der Waals surface area contributed by atoms with Crippen LogP contribution in [0.3, 0.4) is 0 Å². The summed E-state index contributed by atoms with van der Waals surface area (Å²) in [6.07, 6.45) is 0. The average Bonchev–Trinajstić information content (AvgIpc) is 2.61. The van der Waals surface area contributed by atoms with Crippen LogP contribution < -0.4 is 15.2 Å². The first-order valence-electron chi connectivity index (χ1n) is 7.22. The third kappa shape index (κ3) is 3.32. The van der Waals surface area contributed by atoms with Crippen LogP contribution in [0.1, 0.15) is 15.9 Å². The predicted molar refractivity (Wildman–Crippen MR) is 94.3 cm³/mol. The van der Waals surface area contributed by atoms with Gasteiger partial charge < -0.3 is 15.2 Å². The Hall–Kier alpha value is -2.24. The summed E-state index contributed by atoms with van der Waals surface area (Å²) in [5, 5.41) is 0.359. The molecule has 2 aromatic carbocycles. The first-order valence-corrected chi connectivity index (χ1v) is 8.13. The van der Waals surface area contributed by atoms with Gasteiger partial charge >= 0.3 is 0 Å². The maximum Gasteiger partial charge on any atom is 0.196 e. The molecule has 0 fully saturated rings. The molecule has 1 aliphatic heterocycles. The van der Waals surface area contributed by atoms with Crippen molar-refractivity contribution in [1.29, 1.82) is 0 Å². The smallest absolute Gasteiger partial charge is 0.196 e. The van der Waals surface area contributed by atoms with Crippen LogP contribution in [0.25, 0.3) is 0 Å². The van der Waals surface area contributed by atoms with Crippen molar-refractivity contribution in [3.8, 4) is 11.5 Å². The number of benzene rings is 2. The molecule has 0 unspecified atom stereocenters. The Morgan fingerprint density at radius 3 is 2.46 bits per heavy atom. The van der Waals surface area contributed by atoms with E-state index in [1.54, 1.807) is 36.4 Å². The molecule has 0 amide bonds. The second-order valence-electron chi connectivity index (χ2n) is 5.06. The number of carbonyl (C=O) groups is 1. The lowest BCUT2D eigenvalue weighted by Gasteiger charge is -2.20. The number of hydrogen-bond acceptors (Lipinski definition) is 4. The molecule has 0 saturated heterocycles. The van der Waals surface area contributed by atoms with Gasteiger partial charge in [-0.15, -0.1) is 11.6 Å². The lowest BCUT2D eigenvalue weighted by molar-refractivity contribution is 0.103. The quantitative estimate of drug-likeness (QED) is 0.389. The molecular weight excluding hydrogens is 351 g/mol. The van der Waals surface area contributed by atoms with Crippen LogP contribution in [0.4, 0.5) is 5.69 Å². The lowest BCUT2D eigenvalue weighted by atomic mass is 10.0. The van der Waals surface area contributed by atoms with Crippen molar-refractivity contribution in [2.24, 2.45) is 10.7 Å². The summed E-state index contributed by atoms with van der Waals surface area (Å²) in [6, 6.07) is 10.0. The number of ether oxygens (including phenoxy) is 2. The molecule has 0 saturated carbocycles. The molecule has 0 spiro atoms. The number of amidine groups is 1. The number of hydrogen-bond donors (Lipinski definition) is 1. The van der Waals surface area contributed by atoms with Gasteiger partial charge in [0.05, 0.1) is 22.2 Å². The summed E-state index contributed by atoms with van der Waals surface area (Å²) in [5.41, 5.74) is 6.78. The number of halogens is 2. The molecule has 124 valence electrons. The Labute approximate surface area is 149 Å². The highest BCUT2D eigenvalue weighted by molar-refractivity contribution is 6.35. The van der Waals surface area contributed by atoms with Crippen molar-refractivity contribution in [3.63, 3.8) is 0 Å². The van der Waals surface area contributed by atoms with Crippen molar-refractivity contribution >= 4 is 40.5 Å². The molecule has 0 atom stereocenters. The standard InChI is InChI=1S/C17H14Cl2N2O3/c18-9-16(20)21-13-8-15-14(23-5-6-24-15)7-11(13)17(22)10-3-1-2-4-12(10)19/h1-4,7-8H,5-6,9H2,(H2,20,21). The van der Waals surface area contributed by atoms with Gasteiger partial charge in [0.15, 0.2) is 17.3 Å². The molecule has 3 rings (SSSR count). The zero-order valence-electron chi connectivity index (χ0n) is 12.6. The first kappa shape index (κ1) is 16.6. The molecule has 0 aromatic heterocycles. The fourth-order valence-electron chi connectivity index (χ4n) is 2.33. The molecule has 0 aliphatic carbocycles. The number of alkyl halides is 1. The van der Waals surface area contributed by atoms with Gasteiger partial charge in [-0.3, -0.25) is 4.79 Å². The van der Waals surface area contributed by atoms with Crippen molar-refractivity contribution < 1.29 is 14.3 Å². The van der Waals surface area contributed by atoms with E-state index in [1.807, 2.05) is 0 Å². The zero-order valence-corrected chi connectivity index (χ0v) is 14.1. The number of fused-ring (bicyclic) bond motifs is 1. The van der Waals surface area contributed by atoms with Gasteiger partial charge in [-0.05, 0) is 18.2 Å². The largest absolute Gasteiger partial charge is 0.486 e. The number of rotatable bonds is 4. The number of aliphatic imine (C=N–C) groups is 1. The Morgan fingerprint density at radius 1 is 1.12 bits per heavy atom. The van der Waals surface area contributed by atoms with Crippen molar-refractivity contribution in [2.45, 2.75) is 0 Å². The maximum atomic E-state index is 12.9. The zero-order chi connectivity index (χ0) is 17.1. The molecule has 5 nitrogen and oxygen atoms in total. The second-order valence-corrected chi connectivity index (χ2v) is 5.73. The van der Waals surface area contributed by atoms with Gasteiger partial charge in [0.25, 0.3) is 0 Å². The van der Waals surface area contributed by atoms with Crippen LogP contribution in [-0.4, -0.2) is 30.7 Å². The van der Waals surface area contributed by atoms with Crippen LogP contribution >= 0.6 is 23.2 Å². The highest BCUT2D eigenvalue weighted by Crippen LogP contribution is 2.38. The van der Waals surface area contributed by atoms with Crippen LogP contribution in [-0.2, 0) is 0 Å². The summed E-state index contributed by atoms with van der Waals surface area (Å²) in [7, 11) is 0. The average molecular weight is 365 g/mol. The molecule has 0 bridgehead atoms. The van der Waals surface area contributed by atoms with E-state index < -0.39 is 0 Å². The number of nitrogens with two attached hydrogens (primary N) is 1.